The minimum absolute atomic E-state index is 0.113. The number of carbonyl (C=O) groups is 1. The van der Waals surface area contributed by atoms with E-state index in [1.54, 1.807) is 0 Å². The number of ketones is 1. The second kappa shape index (κ2) is 4.52. The summed E-state index contributed by atoms with van der Waals surface area (Å²) in [7, 11) is 0. The van der Waals surface area contributed by atoms with Crippen LogP contribution in [0.3, 0.4) is 0 Å². The molecule has 1 aromatic carbocycles. The summed E-state index contributed by atoms with van der Waals surface area (Å²) in [5.74, 6) is 1.06. The van der Waals surface area contributed by atoms with Gasteiger partial charge in [0.15, 0.2) is 5.78 Å². The van der Waals surface area contributed by atoms with Crippen molar-refractivity contribution >= 4 is 5.78 Å². The summed E-state index contributed by atoms with van der Waals surface area (Å²) in [6, 6.07) is 5.91. The Bertz CT molecular complexity index is 433. The second-order valence-electron chi connectivity index (χ2n) is 5.52. The molecule has 2 nitrogen and oxygen atoms in total. The van der Waals surface area contributed by atoms with E-state index in [1.165, 1.54) is 5.56 Å². The molecule has 0 aromatic heterocycles. The molecule has 0 spiro atoms. The normalized spacial score (nSPS) is 18.4. The number of Topliss-reactive ketones (excluding diaryl/α,β-unsaturated/α-hetero) is 1. The molecule has 2 heteroatoms. The van der Waals surface area contributed by atoms with Gasteiger partial charge in [-0.2, -0.15) is 0 Å². The summed E-state index contributed by atoms with van der Waals surface area (Å²) in [4.78, 5) is 12.2. The topological polar surface area (TPSA) is 26.3 Å². The Morgan fingerprint density at radius 1 is 1.35 bits per heavy atom. The van der Waals surface area contributed by atoms with Crippen molar-refractivity contribution in [2.24, 2.45) is 5.41 Å². The van der Waals surface area contributed by atoms with Crippen LogP contribution in [0.1, 0.15) is 49.5 Å². The lowest BCUT2D eigenvalue weighted by Crippen LogP contribution is -2.14. The van der Waals surface area contributed by atoms with Gasteiger partial charge >= 0.3 is 0 Å². The molecule has 1 aromatic rings. The van der Waals surface area contributed by atoms with E-state index in [0.717, 1.165) is 24.2 Å². The van der Waals surface area contributed by atoms with Crippen molar-refractivity contribution in [1.82, 2.24) is 0 Å². The summed E-state index contributed by atoms with van der Waals surface area (Å²) >= 11 is 0. The Balaban J connectivity index is 2.35. The Hall–Kier alpha value is -1.31. The lowest BCUT2D eigenvalue weighted by Gasteiger charge is -2.20. The van der Waals surface area contributed by atoms with Crippen LogP contribution in [0.25, 0.3) is 0 Å². The molecule has 0 unspecified atom stereocenters. The number of carbonyl (C=O) groups excluding carboxylic acids is 1. The van der Waals surface area contributed by atoms with E-state index in [0.29, 0.717) is 13.0 Å². The maximum Gasteiger partial charge on any atom is 0.163 e. The highest BCUT2D eigenvalue weighted by Gasteiger charge is 2.28. The molecule has 0 N–H and O–H groups in total. The predicted molar refractivity (Wildman–Crippen MR) is 68.7 cm³/mol. The number of aryl methyl sites for hydroxylation is 1. The standard InChI is InChI=1S/C15H20O2/c1-4-17-12-6-5-11-7-8-15(2,3)10-14(16)13(11)9-12/h5-6,9H,4,7-8,10H2,1-3H3. The van der Waals surface area contributed by atoms with Crippen LogP contribution in [0.15, 0.2) is 18.2 Å². The van der Waals surface area contributed by atoms with Crippen LogP contribution >= 0.6 is 0 Å². The molecule has 1 aliphatic rings. The number of hydrogen-bond acceptors (Lipinski definition) is 2. The van der Waals surface area contributed by atoms with Crippen LogP contribution in [0.2, 0.25) is 0 Å². The number of benzene rings is 1. The molecule has 17 heavy (non-hydrogen) atoms. The van der Waals surface area contributed by atoms with E-state index in [9.17, 15) is 4.79 Å². The monoisotopic (exact) mass is 232 g/mol. The van der Waals surface area contributed by atoms with Crippen LogP contribution in [0.5, 0.6) is 5.75 Å². The first kappa shape index (κ1) is 12.2. The SMILES string of the molecule is CCOc1ccc2c(c1)C(=O)CC(C)(C)CC2. The molecule has 0 atom stereocenters. The first-order chi connectivity index (χ1) is 8.02. The number of hydrogen-bond donors (Lipinski definition) is 0. The molecule has 0 bridgehead atoms. The van der Waals surface area contributed by atoms with Crippen LogP contribution in [0.4, 0.5) is 0 Å². The number of rotatable bonds is 2. The summed E-state index contributed by atoms with van der Waals surface area (Å²) in [5.41, 5.74) is 2.15. The molecule has 92 valence electrons. The van der Waals surface area contributed by atoms with Gasteiger partial charge < -0.3 is 4.74 Å². The molecule has 0 saturated heterocycles. The maximum absolute atomic E-state index is 12.2. The Labute approximate surface area is 103 Å². The largest absolute Gasteiger partial charge is 0.494 e. The van der Waals surface area contributed by atoms with Crippen molar-refractivity contribution < 1.29 is 9.53 Å². The molecular formula is C15H20O2. The zero-order valence-corrected chi connectivity index (χ0v) is 10.9. The van der Waals surface area contributed by atoms with Gasteiger partial charge in [0.2, 0.25) is 0 Å². The second-order valence-corrected chi connectivity index (χ2v) is 5.52. The van der Waals surface area contributed by atoms with Gasteiger partial charge in [-0.3, -0.25) is 4.79 Å². The molecule has 0 saturated carbocycles. The van der Waals surface area contributed by atoms with Gasteiger partial charge in [0.1, 0.15) is 5.75 Å². The fraction of sp³-hybridized carbons (Fsp3) is 0.533. The quantitative estimate of drug-likeness (QED) is 0.728. The van der Waals surface area contributed by atoms with Crippen molar-refractivity contribution in [2.45, 2.75) is 40.0 Å². The van der Waals surface area contributed by atoms with E-state index in [-0.39, 0.29) is 11.2 Å². The molecule has 0 amide bonds. The van der Waals surface area contributed by atoms with E-state index < -0.39 is 0 Å². The molecular weight excluding hydrogens is 212 g/mol. The third kappa shape index (κ3) is 2.68. The van der Waals surface area contributed by atoms with Gasteiger partial charge in [-0.15, -0.1) is 0 Å². The fourth-order valence-electron chi connectivity index (χ4n) is 2.38. The average Bonchev–Trinajstić information content (AvgIpc) is 2.37. The summed E-state index contributed by atoms with van der Waals surface area (Å²) in [5, 5.41) is 0. The Morgan fingerprint density at radius 3 is 2.82 bits per heavy atom. The fourth-order valence-corrected chi connectivity index (χ4v) is 2.38. The molecule has 1 aliphatic carbocycles. The lowest BCUT2D eigenvalue weighted by molar-refractivity contribution is 0.0934. The minimum Gasteiger partial charge on any atom is -0.494 e. The van der Waals surface area contributed by atoms with E-state index in [2.05, 4.69) is 13.8 Å². The van der Waals surface area contributed by atoms with Crippen LogP contribution < -0.4 is 4.74 Å². The summed E-state index contributed by atoms with van der Waals surface area (Å²) < 4.78 is 5.46. The Kier molecular flexibility index (Phi) is 3.23. The van der Waals surface area contributed by atoms with Crippen molar-refractivity contribution in [3.63, 3.8) is 0 Å². The Morgan fingerprint density at radius 2 is 2.12 bits per heavy atom. The van der Waals surface area contributed by atoms with Crippen molar-refractivity contribution in [3.05, 3.63) is 29.3 Å². The minimum atomic E-state index is 0.113. The van der Waals surface area contributed by atoms with Gasteiger partial charge in [-0.25, -0.2) is 0 Å². The van der Waals surface area contributed by atoms with Gasteiger partial charge in [0, 0.05) is 12.0 Å². The highest BCUT2D eigenvalue weighted by atomic mass is 16.5. The molecule has 0 aliphatic heterocycles. The molecule has 0 fully saturated rings. The molecule has 0 heterocycles. The molecule has 0 radical (unpaired) electrons. The van der Waals surface area contributed by atoms with Crippen LogP contribution in [0, 0.1) is 5.41 Å². The van der Waals surface area contributed by atoms with E-state index in [1.807, 2.05) is 25.1 Å². The zero-order chi connectivity index (χ0) is 12.5. The van der Waals surface area contributed by atoms with Crippen LogP contribution in [-0.2, 0) is 6.42 Å². The average molecular weight is 232 g/mol. The van der Waals surface area contributed by atoms with E-state index >= 15 is 0 Å². The van der Waals surface area contributed by atoms with Crippen molar-refractivity contribution in [2.75, 3.05) is 6.61 Å². The zero-order valence-electron chi connectivity index (χ0n) is 10.9. The first-order valence-corrected chi connectivity index (χ1v) is 6.31. The summed E-state index contributed by atoms with van der Waals surface area (Å²) in [6.07, 6.45) is 2.69. The van der Waals surface area contributed by atoms with Crippen molar-refractivity contribution in [3.8, 4) is 5.75 Å². The highest BCUT2D eigenvalue weighted by Crippen LogP contribution is 2.34. The lowest BCUT2D eigenvalue weighted by atomic mass is 9.84. The van der Waals surface area contributed by atoms with Gasteiger partial charge in [-0.1, -0.05) is 19.9 Å². The first-order valence-electron chi connectivity index (χ1n) is 6.31. The number of fused-ring (bicyclic) bond motifs is 1. The highest BCUT2D eigenvalue weighted by molar-refractivity contribution is 5.98. The molecule has 2 rings (SSSR count). The smallest absolute Gasteiger partial charge is 0.163 e. The van der Waals surface area contributed by atoms with Gasteiger partial charge in [-0.05, 0) is 42.9 Å². The summed E-state index contributed by atoms with van der Waals surface area (Å²) in [6.45, 7) is 6.93. The van der Waals surface area contributed by atoms with E-state index in [4.69, 9.17) is 4.74 Å². The third-order valence-corrected chi connectivity index (χ3v) is 3.40. The maximum atomic E-state index is 12.2. The van der Waals surface area contributed by atoms with Crippen molar-refractivity contribution in [1.29, 1.82) is 0 Å². The van der Waals surface area contributed by atoms with Crippen LogP contribution in [-0.4, -0.2) is 12.4 Å². The van der Waals surface area contributed by atoms with Gasteiger partial charge in [0.05, 0.1) is 6.61 Å². The third-order valence-electron chi connectivity index (χ3n) is 3.40. The number of ether oxygens (including phenoxy) is 1. The predicted octanol–water partition coefficient (Wildman–Crippen LogP) is 3.63. The van der Waals surface area contributed by atoms with Gasteiger partial charge in [0.25, 0.3) is 0 Å².